The van der Waals surface area contributed by atoms with Gasteiger partial charge >= 0.3 is 0 Å². The van der Waals surface area contributed by atoms with E-state index < -0.39 is 0 Å². The van der Waals surface area contributed by atoms with Crippen molar-refractivity contribution in [2.75, 3.05) is 26.1 Å². The van der Waals surface area contributed by atoms with Crippen molar-refractivity contribution in [2.45, 2.75) is 64.7 Å². The Kier molecular flexibility index (Phi) is 16.4. The second-order valence-corrected chi connectivity index (χ2v) is 6.11. The molecule has 0 aromatic heterocycles. The maximum absolute atomic E-state index is 3.56. The van der Waals surface area contributed by atoms with Crippen LogP contribution in [0.25, 0.3) is 0 Å². The molecule has 0 bridgehead atoms. The van der Waals surface area contributed by atoms with E-state index in [1.54, 1.807) is 0 Å². The molecule has 0 aromatic carbocycles. The number of halogens is 2. The average Bonchev–Trinajstić information content (AvgIpc) is 2.27. The summed E-state index contributed by atoms with van der Waals surface area (Å²) in [7, 11) is 4.58. The van der Waals surface area contributed by atoms with Crippen molar-refractivity contribution in [3.8, 4) is 0 Å². The van der Waals surface area contributed by atoms with Gasteiger partial charge in [0, 0.05) is 0 Å². The van der Waals surface area contributed by atoms with Gasteiger partial charge in [0.15, 0.2) is 0 Å². The van der Waals surface area contributed by atoms with E-state index in [1.165, 1.54) is 64.3 Å². The minimum Gasteiger partial charge on any atom is -1.00 e. The van der Waals surface area contributed by atoms with Crippen LogP contribution in [0, 0.1) is 0 Å². The SMILES string of the molecule is CCCCCCCCCCC[N+](C)(C)CBr.[I-]. The molecule has 1 nitrogen and oxygen atoms in total. The molecule has 0 aliphatic rings. The van der Waals surface area contributed by atoms with Gasteiger partial charge in [0.05, 0.1) is 20.6 Å². The van der Waals surface area contributed by atoms with E-state index in [0.29, 0.717) is 0 Å². The van der Waals surface area contributed by atoms with Gasteiger partial charge in [0.25, 0.3) is 0 Å². The molecule has 0 heterocycles. The van der Waals surface area contributed by atoms with E-state index in [9.17, 15) is 0 Å². The van der Waals surface area contributed by atoms with Crippen LogP contribution in [-0.4, -0.2) is 30.6 Å². The van der Waals surface area contributed by atoms with E-state index >= 15 is 0 Å². The molecule has 0 aromatic rings. The third-order valence-corrected chi connectivity index (χ3v) is 4.55. The average molecular weight is 420 g/mol. The maximum Gasteiger partial charge on any atom is 0.133 e. The van der Waals surface area contributed by atoms with Gasteiger partial charge in [-0.05, 0) is 28.8 Å². The second-order valence-electron chi connectivity index (χ2n) is 5.61. The number of unbranched alkanes of at least 4 members (excludes halogenated alkanes) is 8. The highest BCUT2D eigenvalue weighted by Gasteiger charge is 2.10. The van der Waals surface area contributed by atoms with Crippen LogP contribution in [-0.2, 0) is 0 Å². The third kappa shape index (κ3) is 15.1. The van der Waals surface area contributed by atoms with Gasteiger partial charge in [-0.15, -0.1) is 0 Å². The Morgan fingerprint density at radius 2 is 1.18 bits per heavy atom. The zero-order valence-corrected chi connectivity index (χ0v) is 15.7. The first-order chi connectivity index (χ1) is 7.62. The van der Waals surface area contributed by atoms with E-state index in [-0.39, 0.29) is 24.0 Å². The first-order valence-electron chi connectivity index (χ1n) is 7.00. The van der Waals surface area contributed by atoms with Crippen LogP contribution < -0.4 is 24.0 Å². The molecule has 0 saturated carbocycles. The Bertz CT molecular complexity index is 151. The summed E-state index contributed by atoms with van der Waals surface area (Å²) in [5.74, 6) is 0. The van der Waals surface area contributed by atoms with E-state index in [4.69, 9.17) is 0 Å². The number of rotatable bonds is 11. The van der Waals surface area contributed by atoms with Gasteiger partial charge in [-0.2, -0.15) is 0 Å². The highest BCUT2D eigenvalue weighted by Crippen LogP contribution is 2.11. The van der Waals surface area contributed by atoms with Crippen molar-refractivity contribution in [3.63, 3.8) is 0 Å². The lowest BCUT2D eigenvalue weighted by Crippen LogP contribution is -3.00. The van der Waals surface area contributed by atoms with Crippen molar-refractivity contribution in [1.82, 2.24) is 0 Å². The van der Waals surface area contributed by atoms with E-state index in [0.717, 1.165) is 9.94 Å². The number of nitrogens with zero attached hydrogens (tertiary/aromatic N) is 1. The molecule has 0 unspecified atom stereocenters. The summed E-state index contributed by atoms with van der Waals surface area (Å²) in [5.41, 5.74) is 1.07. The molecule has 0 amide bonds. The molecule has 0 rings (SSSR count). The summed E-state index contributed by atoms with van der Waals surface area (Å²) in [6, 6.07) is 0. The fraction of sp³-hybridized carbons (Fsp3) is 1.00. The van der Waals surface area contributed by atoms with Crippen molar-refractivity contribution >= 4 is 15.9 Å². The molecule has 0 N–H and O–H groups in total. The van der Waals surface area contributed by atoms with Crippen molar-refractivity contribution in [1.29, 1.82) is 0 Å². The molecule has 3 heteroatoms. The summed E-state index contributed by atoms with van der Waals surface area (Å²) >= 11 is 3.56. The van der Waals surface area contributed by atoms with Crippen LogP contribution in [0.1, 0.15) is 64.7 Å². The molecular formula is C14H31BrIN. The fourth-order valence-corrected chi connectivity index (χ4v) is 2.16. The van der Waals surface area contributed by atoms with Crippen LogP contribution in [0.3, 0.4) is 0 Å². The molecule has 0 saturated heterocycles. The maximum atomic E-state index is 3.56. The lowest BCUT2D eigenvalue weighted by molar-refractivity contribution is -0.876. The van der Waals surface area contributed by atoms with Crippen LogP contribution in [0.5, 0.6) is 0 Å². The van der Waals surface area contributed by atoms with Crippen molar-refractivity contribution in [2.24, 2.45) is 0 Å². The quantitative estimate of drug-likeness (QED) is 0.158. The molecular weight excluding hydrogens is 389 g/mol. The number of hydrogen-bond acceptors (Lipinski definition) is 0. The summed E-state index contributed by atoms with van der Waals surface area (Å²) in [6.07, 6.45) is 12.8. The molecule has 106 valence electrons. The zero-order chi connectivity index (χ0) is 12.3. The van der Waals surface area contributed by atoms with E-state index in [1.807, 2.05) is 0 Å². The molecule has 0 aliphatic heterocycles. The van der Waals surface area contributed by atoms with Crippen LogP contribution >= 0.6 is 15.9 Å². The third-order valence-electron chi connectivity index (χ3n) is 3.19. The summed E-state index contributed by atoms with van der Waals surface area (Å²) < 4.78 is 1.11. The normalized spacial score (nSPS) is 11.3. The number of alkyl halides is 1. The first kappa shape index (κ1) is 20.5. The van der Waals surface area contributed by atoms with Gasteiger partial charge in [0.1, 0.15) is 5.45 Å². The Labute approximate surface area is 134 Å². The van der Waals surface area contributed by atoms with Crippen LogP contribution in [0.15, 0.2) is 0 Å². The Morgan fingerprint density at radius 3 is 1.59 bits per heavy atom. The second kappa shape index (κ2) is 13.6. The molecule has 0 radical (unpaired) electrons. The monoisotopic (exact) mass is 419 g/mol. The first-order valence-corrected chi connectivity index (χ1v) is 8.12. The van der Waals surface area contributed by atoms with Crippen LogP contribution in [0.2, 0.25) is 0 Å². The number of quaternary nitrogens is 1. The summed E-state index contributed by atoms with van der Waals surface area (Å²) in [4.78, 5) is 0. The molecule has 17 heavy (non-hydrogen) atoms. The Balaban J connectivity index is 0. The molecule has 0 aliphatic carbocycles. The predicted octanol–water partition coefficient (Wildman–Crippen LogP) is 1.95. The zero-order valence-electron chi connectivity index (χ0n) is 12.0. The van der Waals surface area contributed by atoms with Gasteiger partial charge in [-0.1, -0.05) is 51.9 Å². The number of hydrogen-bond donors (Lipinski definition) is 0. The molecule has 0 fully saturated rings. The van der Waals surface area contributed by atoms with Crippen LogP contribution in [0.4, 0.5) is 0 Å². The van der Waals surface area contributed by atoms with Crippen molar-refractivity contribution < 1.29 is 28.5 Å². The minimum atomic E-state index is 0. The lowest BCUT2D eigenvalue weighted by Gasteiger charge is -2.26. The standard InChI is InChI=1S/C14H31BrN.HI/c1-4-5-6-7-8-9-10-11-12-13-16(2,3)14-15;/h4-14H2,1-3H3;1H/q+1;/p-1. The summed E-state index contributed by atoms with van der Waals surface area (Å²) in [5, 5.41) is 0. The highest BCUT2D eigenvalue weighted by molar-refractivity contribution is 9.09. The van der Waals surface area contributed by atoms with Gasteiger partial charge in [0.2, 0.25) is 0 Å². The Hall–Kier alpha value is 1.17. The Morgan fingerprint density at radius 1 is 0.765 bits per heavy atom. The van der Waals surface area contributed by atoms with E-state index in [2.05, 4.69) is 36.9 Å². The molecule has 0 spiro atoms. The van der Waals surface area contributed by atoms with Gasteiger partial charge in [-0.25, -0.2) is 0 Å². The smallest absolute Gasteiger partial charge is 0.133 e. The fourth-order valence-electron chi connectivity index (χ4n) is 1.91. The largest absolute Gasteiger partial charge is 1.00 e. The van der Waals surface area contributed by atoms with Crippen molar-refractivity contribution in [3.05, 3.63) is 0 Å². The van der Waals surface area contributed by atoms with Gasteiger partial charge in [-0.3, -0.25) is 0 Å². The topological polar surface area (TPSA) is 0 Å². The lowest BCUT2D eigenvalue weighted by atomic mass is 10.1. The van der Waals surface area contributed by atoms with Gasteiger partial charge < -0.3 is 28.5 Å². The summed E-state index contributed by atoms with van der Waals surface area (Å²) in [6.45, 7) is 3.59. The minimum absolute atomic E-state index is 0. The molecule has 0 atom stereocenters. The highest BCUT2D eigenvalue weighted by atomic mass is 127. The predicted molar refractivity (Wildman–Crippen MR) is 78.0 cm³/mol.